The van der Waals surface area contributed by atoms with Gasteiger partial charge >= 0.3 is 0 Å². The Hall–Kier alpha value is -0.500. The van der Waals surface area contributed by atoms with Crippen molar-refractivity contribution in [2.24, 2.45) is 0 Å². The maximum absolute atomic E-state index is 5.18. The van der Waals surface area contributed by atoms with E-state index in [4.69, 9.17) is 9.47 Å². The van der Waals surface area contributed by atoms with E-state index in [1.807, 2.05) is 20.8 Å². The Morgan fingerprint density at radius 3 is 2.56 bits per heavy atom. The highest BCUT2D eigenvalue weighted by Gasteiger charge is 2.13. The number of ether oxygens (including phenoxy) is 2. The fourth-order valence-electron chi connectivity index (χ4n) is 0.750. The Morgan fingerprint density at radius 1 is 1.44 bits per heavy atom. The maximum atomic E-state index is 5.18. The molecule has 0 fully saturated rings. The second-order valence-corrected chi connectivity index (χ2v) is 2.31. The predicted octanol–water partition coefficient (Wildman–Crippen LogP) is 1.67. The quantitative estimate of drug-likeness (QED) is 0.494. The summed E-state index contributed by atoms with van der Waals surface area (Å²) in [5.41, 5.74) is 1.20. The average molecular weight is 128 g/mol. The molecule has 0 aromatic rings. The lowest BCUT2D eigenvalue weighted by atomic mass is 10.1. The first-order valence-corrected chi connectivity index (χ1v) is 3.13. The molecule has 1 aliphatic heterocycles. The van der Waals surface area contributed by atoms with Crippen LogP contribution in [-0.4, -0.2) is 12.9 Å². The standard InChI is InChI=1S/C7H12O2/c1-5-6(2)8-4-9-7(5)3/h6H,4H2,1-3H3. The first-order chi connectivity index (χ1) is 4.22. The molecular weight excluding hydrogens is 116 g/mol. The smallest absolute Gasteiger partial charge is 0.189 e. The second kappa shape index (κ2) is 2.40. The molecule has 0 N–H and O–H groups in total. The molecule has 52 valence electrons. The Balaban J connectivity index is 2.72. The zero-order chi connectivity index (χ0) is 6.85. The van der Waals surface area contributed by atoms with Gasteiger partial charge in [0, 0.05) is 0 Å². The molecule has 0 aliphatic carbocycles. The fourth-order valence-corrected chi connectivity index (χ4v) is 0.750. The van der Waals surface area contributed by atoms with Crippen LogP contribution >= 0.6 is 0 Å². The van der Waals surface area contributed by atoms with Crippen molar-refractivity contribution >= 4 is 0 Å². The molecule has 0 saturated heterocycles. The minimum atomic E-state index is 0.235. The Kier molecular flexibility index (Phi) is 1.76. The summed E-state index contributed by atoms with van der Waals surface area (Å²) >= 11 is 0. The third-order valence-electron chi connectivity index (χ3n) is 1.76. The number of hydrogen-bond donors (Lipinski definition) is 0. The first kappa shape index (κ1) is 6.62. The van der Waals surface area contributed by atoms with E-state index in [0.29, 0.717) is 6.79 Å². The monoisotopic (exact) mass is 128 g/mol. The molecule has 2 nitrogen and oxygen atoms in total. The number of hydrogen-bond acceptors (Lipinski definition) is 2. The minimum Gasteiger partial charge on any atom is -0.472 e. The van der Waals surface area contributed by atoms with Crippen LogP contribution in [0.5, 0.6) is 0 Å². The molecule has 0 aromatic heterocycles. The molecule has 2 heteroatoms. The van der Waals surface area contributed by atoms with Crippen molar-refractivity contribution in [2.45, 2.75) is 26.9 Å². The van der Waals surface area contributed by atoms with Crippen LogP contribution in [0.2, 0.25) is 0 Å². The van der Waals surface area contributed by atoms with E-state index in [0.717, 1.165) is 5.76 Å². The lowest BCUT2D eigenvalue weighted by molar-refractivity contribution is -0.0698. The van der Waals surface area contributed by atoms with Crippen LogP contribution in [-0.2, 0) is 9.47 Å². The van der Waals surface area contributed by atoms with Gasteiger partial charge in [-0.25, -0.2) is 0 Å². The molecule has 1 atom stereocenters. The molecule has 1 heterocycles. The summed E-state index contributed by atoms with van der Waals surface area (Å²) in [5.74, 6) is 1.01. The zero-order valence-corrected chi connectivity index (χ0v) is 6.10. The third kappa shape index (κ3) is 1.24. The van der Waals surface area contributed by atoms with Crippen LogP contribution in [0.1, 0.15) is 20.8 Å². The molecule has 9 heavy (non-hydrogen) atoms. The Bertz CT molecular complexity index is 138. The summed E-state index contributed by atoms with van der Waals surface area (Å²) in [7, 11) is 0. The summed E-state index contributed by atoms with van der Waals surface area (Å²) in [6.45, 7) is 6.43. The Morgan fingerprint density at radius 2 is 2.11 bits per heavy atom. The van der Waals surface area contributed by atoms with Gasteiger partial charge in [0.25, 0.3) is 0 Å². The van der Waals surface area contributed by atoms with Gasteiger partial charge in [-0.05, 0) is 26.3 Å². The molecule has 0 aromatic carbocycles. The van der Waals surface area contributed by atoms with Crippen LogP contribution in [0.4, 0.5) is 0 Å². The largest absolute Gasteiger partial charge is 0.472 e. The Labute approximate surface area is 55.5 Å². The topological polar surface area (TPSA) is 18.5 Å². The van der Waals surface area contributed by atoms with E-state index in [9.17, 15) is 0 Å². The van der Waals surface area contributed by atoms with Crippen molar-refractivity contribution in [3.63, 3.8) is 0 Å². The van der Waals surface area contributed by atoms with Crippen molar-refractivity contribution in [1.82, 2.24) is 0 Å². The van der Waals surface area contributed by atoms with Crippen molar-refractivity contribution in [3.05, 3.63) is 11.3 Å². The number of allylic oxidation sites excluding steroid dienone is 1. The molecule has 1 unspecified atom stereocenters. The maximum Gasteiger partial charge on any atom is 0.189 e. The van der Waals surface area contributed by atoms with E-state index in [1.54, 1.807) is 0 Å². The summed E-state index contributed by atoms with van der Waals surface area (Å²) in [6, 6.07) is 0. The highest BCUT2D eigenvalue weighted by Crippen LogP contribution is 2.17. The SMILES string of the molecule is CC1=C(C)C(C)OCO1. The van der Waals surface area contributed by atoms with Crippen LogP contribution in [0.25, 0.3) is 0 Å². The van der Waals surface area contributed by atoms with Crippen LogP contribution < -0.4 is 0 Å². The van der Waals surface area contributed by atoms with Crippen molar-refractivity contribution in [2.75, 3.05) is 6.79 Å². The lowest BCUT2D eigenvalue weighted by Gasteiger charge is -2.22. The summed E-state index contributed by atoms with van der Waals surface area (Å²) in [4.78, 5) is 0. The van der Waals surface area contributed by atoms with E-state index < -0.39 is 0 Å². The molecule has 0 spiro atoms. The molecule has 0 radical (unpaired) electrons. The first-order valence-electron chi connectivity index (χ1n) is 3.13. The zero-order valence-electron chi connectivity index (χ0n) is 6.10. The van der Waals surface area contributed by atoms with E-state index in [-0.39, 0.29) is 6.10 Å². The van der Waals surface area contributed by atoms with Gasteiger partial charge in [0.2, 0.25) is 0 Å². The molecule has 0 saturated carbocycles. The van der Waals surface area contributed by atoms with Crippen LogP contribution in [0.15, 0.2) is 11.3 Å². The van der Waals surface area contributed by atoms with Crippen LogP contribution in [0.3, 0.4) is 0 Å². The molecule has 0 amide bonds. The summed E-state index contributed by atoms with van der Waals surface area (Å²) < 4.78 is 10.3. The van der Waals surface area contributed by atoms with Crippen molar-refractivity contribution in [3.8, 4) is 0 Å². The fraction of sp³-hybridized carbons (Fsp3) is 0.714. The molecule has 0 bridgehead atoms. The van der Waals surface area contributed by atoms with E-state index >= 15 is 0 Å². The van der Waals surface area contributed by atoms with Crippen molar-refractivity contribution in [1.29, 1.82) is 0 Å². The van der Waals surface area contributed by atoms with Gasteiger partial charge < -0.3 is 9.47 Å². The van der Waals surface area contributed by atoms with Crippen molar-refractivity contribution < 1.29 is 9.47 Å². The minimum absolute atomic E-state index is 0.235. The summed E-state index contributed by atoms with van der Waals surface area (Å²) in [6.07, 6.45) is 0.235. The van der Waals surface area contributed by atoms with Gasteiger partial charge in [-0.3, -0.25) is 0 Å². The molecular formula is C7H12O2. The van der Waals surface area contributed by atoms with Gasteiger partial charge in [0.05, 0.1) is 11.9 Å². The average Bonchev–Trinajstić information content (AvgIpc) is 1.83. The molecule has 1 aliphatic rings. The normalized spacial score (nSPS) is 28.1. The van der Waals surface area contributed by atoms with Gasteiger partial charge in [0.1, 0.15) is 0 Å². The highest BCUT2D eigenvalue weighted by atomic mass is 16.7. The predicted molar refractivity (Wildman–Crippen MR) is 34.9 cm³/mol. The molecule has 1 rings (SSSR count). The lowest BCUT2D eigenvalue weighted by Crippen LogP contribution is -2.19. The number of rotatable bonds is 0. The van der Waals surface area contributed by atoms with E-state index in [1.165, 1.54) is 5.57 Å². The van der Waals surface area contributed by atoms with E-state index in [2.05, 4.69) is 0 Å². The highest BCUT2D eigenvalue weighted by molar-refractivity contribution is 5.09. The summed E-state index contributed by atoms with van der Waals surface area (Å²) in [5, 5.41) is 0. The van der Waals surface area contributed by atoms with Gasteiger partial charge in [-0.15, -0.1) is 0 Å². The van der Waals surface area contributed by atoms with Gasteiger partial charge in [-0.2, -0.15) is 0 Å². The second-order valence-electron chi connectivity index (χ2n) is 2.31. The van der Waals surface area contributed by atoms with Gasteiger partial charge in [-0.1, -0.05) is 0 Å². The van der Waals surface area contributed by atoms with Gasteiger partial charge in [0.15, 0.2) is 6.79 Å². The van der Waals surface area contributed by atoms with Crippen LogP contribution in [0, 0.1) is 0 Å². The third-order valence-corrected chi connectivity index (χ3v) is 1.76.